The highest BCUT2D eigenvalue weighted by atomic mass is 14.5. The predicted molar refractivity (Wildman–Crippen MR) is 495 cm³/mol. The molecular weight excluding hydrogens is 1380 g/mol. The molecule has 0 bridgehead atoms. The lowest BCUT2D eigenvalue weighted by atomic mass is 9.58. The standard InChI is InChI=1S/2C14H24.2C12H20.C11H20.C10H18.C9H16.C8H14.2C7H12.C6H10.C5H8/c1-3-7-13-11(5-1)9-10-12-6-2-4-8-14(12)13;1-2-6-12-10-14-8-4-3-7-13(14)9-11(12)5-1;1-3-9-4-2-6-11-8-7-10(5-1)12(9)11;1-2-7-11-9(4-1)5-3-6-10-8-12(10)11;1-2-6-10-8-4-5-9-11(10)7-3-1;1-2-6-10-8-4-3-7-9(10)5-1;1-2-5-9-7-3-6-8(9)4-1;1-3-7-5-2-6-8(7)4-1;1-2-6-4-5-7(6)3-1;1-2-4-7-5-6(7)3-1;1-2-5-4-6(5)3-1;1-2-5-3-4(1)5/h2*11-14H,1-10H2;2*9-12H,1-8H2;10-11H,1-9H2;9-10H,1-8H2;8-9H,1-7H2;7-8H,1-6H2;2*6-7H,1-5H2;5-6H,1-4H2;4-5H,1-3H2. The summed E-state index contributed by atoms with van der Waals surface area (Å²) in [4.78, 5) is 0. The number of hydrogen-bond acceptors (Lipinski definition) is 0. The van der Waals surface area contributed by atoms with Gasteiger partial charge in [-0.3, -0.25) is 0 Å². The van der Waals surface area contributed by atoms with Crippen molar-refractivity contribution in [3.8, 4) is 0 Å². The van der Waals surface area contributed by atoms with Crippen LogP contribution in [0.4, 0.5) is 0 Å². The Balaban J connectivity index is 0.0000000913. The highest BCUT2D eigenvalue weighted by molar-refractivity contribution is 5.00. The highest BCUT2D eigenvalue weighted by Crippen LogP contribution is 2.60. The summed E-state index contributed by atoms with van der Waals surface area (Å²) in [6, 6.07) is 0. The number of hydrogen-bond donors (Lipinski definition) is 0. The van der Waals surface area contributed by atoms with Gasteiger partial charge >= 0.3 is 0 Å². The molecule has 0 aromatic rings. The van der Waals surface area contributed by atoms with Crippen molar-refractivity contribution in [1.29, 1.82) is 0 Å². The molecule has 26 atom stereocenters. The smallest absolute Gasteiger partial charge is 0.0329 e. The van der Waals surface area contributed by atoms with Crippen LogP contribution >= 0.6 is 0 Å². The van der Waals surface area contributed by atoms with Gasteiger partial charge in [0.1, 0.15) is 0 Å². The van der Waals surface area contributed by atoms with Crippen molar-refractivity contribution >= 4 is 0 Å². The zero-order chi connectivity index (χ0) is 77.2. The van der Waals surface area contributed by atoms with Gasteiger partial charge in [0.05, 0.1) is 0 Å². The Morgan fingerprint density at radius 2 is 0.209 bits per heavy atom. The van der Waals surface area contributed by atoms with Crippen LogP contribution in [-0.2, 0) is 0 Å². The Labute approximate surface area is 717 Å². The molecule has 28 aliphatic carbocycles. The van der Waals surface area contributed by atoms with E-state index in [0.29, 0.717) is 0 Å². The second-order valence-corrected chi connectivity index (χ2v) is 49.4. The van der Waals surface area contributed by atoms with Gasteiger partial charge in [-0.25, -0.2) is 0 Å². The van der Waals surface area contributed by atoms with Crippen molar-refractivity contribution in [3.05, 3.63) is 0 Å². The Morgan fingerprint density at radius 3 is 0.470 bits per heavy atom. The average Bonchev–Trinajstić information content (AvgIpc) is 1.77. The van der Waals surface area contributed by atoms with Crippen molar-refractivity contribution in [1.82, 2.24) is 0 Å². The van der Waals surface area contributed by atoms with E-state index in [-0.39, 0.29) is 0 Å². The highest BCUT2D eigenvalue weighted by Gasteiger charge is 2.50. The molecule has 0 radical (unpaired) electrons. The van der Waals surface area contributed by atoms with E-state index in [4.69, 9.17) is 0 Å². The van der Waals surface area contributed by atoms with Gasteiger partial charge in [0.25, 0.3) is 0 Å². The van der Waals surface area contributed by atoms with Gasteiger partial charge in [-0.2, -0.15) is 0 Å². The van der Waals surface area contributed by atoms with E-state index < -0.39 is 0 Å². The van der Waals surface area contributed by atoms with Crippen LogP contribution in [0.1, 0.15) is 533 Å². The summed E-state index contributed by atoms with van der Waals surface area (Å²) in [7, 11) is 0. The van der Waals surface area contributed by atoms with E-state index in [1.54, 1.807) is 417 Å². The monoisotopic (exact) mass is 1580 g/mol. The molecule has 26 unspecified atom stereocenters. The van der Waals surface area contributed by atoms with E-state index in [2.05, 4.69) is 0 Å². The Hall–Kier alpha value is 0. The van der Waals surface area contributed by atoms with Gasteiger partial charge in [-0.05, 0) is 299 Å². The van der Waals surface area contributed by atoms with Gasteiger partial charge in [0.2, 0.25) is 0 Å². The van der Waals surface area contributed by atoms with Crippen molar-refractivity contribution in [3.63, 3.8) is 0 Å². The molecule has 0 spiro atoms. The van der Waals surface area contributed by atoms with Gasteiger partial charge in [0, 0.05) is 0 Å². The van der Waals surface area contributed by atoms with E-state index in [1.165, 1.54) is 240 Å². The summed E-state index contributed by atoms with van der Waals surface area (Å²) in [6.07, 6.45) is 129. The van der Waals surface area contributed by atoms with Crippen LogP contribution in [0.15, 0.2) is 0 Å². The van der Waals surface area contributed by atoms with Gasteiger partial charge in [0.15, 0.2) is 0 Å². The normalized spacial score (nSPS) is 47.4. The van der Waals surface area contributed by atoms with Crippen LogP contribution < -0.4 is 0 Å². The molecule has 0 heterocycles. The largest absolute Gasteiger partial charge is 0.0533 e. The van der Waals surface area contributed by atoms with Gasteiger partial charge in [-0.1, -0.05) is 424 Å². The van der Waals surface area contributed by atoms with Crippen molar-refractivity contribution in [2.24, 2.45) is 189 Å². The molecule has 0 saturated heterocycles. The Morgan fingerprint density at radius 1 is 0.0696 bits per heavy atom. The van der Waals surface area contributed by atoms with E-state index >= 15 is 0 Å². The molecule has 28 saturated carbocycles. The van der Waals surface area contributed by atoms with Crippen molar-refractivity contribution < 1.29 is 0 Å². The molecule has 115 heavy (non-hydrogen) atoms. The Kier molecular flexibility index (Phi) is 34.4. The Bertz CT molecular complexity index is 2480. The first kappa shape index (κ1) is 87.1. The minimum atomic E-state index is 1.14. The maximum absolute atomic E-state index is 1.62. The number of rotatable bonds is 0. The quantitative estimate of drug-likeness (QED) is 0.227. The fourth-order valence-electron chi connectivity index (χ4n) is 35.5. The molecule has 0 amide bonds. The third kappa shape index (κ3) is 25.2. The lowest BCUT2D eigenvalue weighted by Gasteiger charge is -2.48. The van der Waals surface area contributed by atoms with Crippen LogP contribution in [-0.4, -0.2) is 0 Å². The summed E-state index contributed by atoms with van der Waals surface area (Å²) >= 11 is 0. The van der Waals surface area contributed by atoms with Crippen molar-refractivity contribution in [2.75, 3.05) is 0 Å². The molecule has 28 rings (SSSR count). The SMILES string of the molecule is C1CC2CC12.C1CC2CC2C1.C1CC2CCC2C1.C1CC2CCCC2C1.C1CC2CCCC3CCC(C1)C23.C1CCC2C(C1)CCC1CCCCC12.C1CCC2C(C1)CCCC1CC12.C1CCC2CC2C1.C1CCC2CC3CCCCC3CC2C1.C1CCC2CCCC2C1.C1CCC2CCCCC2C1.C1CCC2CCCCC2CC1. The minimum Gasteiger partial charge on any atom is -0.0533 e. The summed E-state index contributed by atoms with van der Waals surface area (Å²) in [5.41, 5.74) is 0. The second-order valence-electron chi connectivity index (χ2n) is 49.4. The molecule has 0 heteroatoms. The molecule has 0 nitrogen and oxygen atoms in total. The zero-order valence-electron chi connectivity index (χ0n) is 77.2. The van der Waals surface area contributed by atoms with Crippen LogP contribution in [0.3, 0.4) is 0 Å². The van der Waals surface area contributed by atoms with Crippen LogP contribution in [0.2, 0.25) is 0 Å². The van der Waals surface area contributed by atoms with Crippen LogP contribution in [0.25, 0.3) is 0 Å². The first-order valence-electron chi connectivity index (χ1n) is 57.0. The summed E-state index contributed by atoms with van der Waals surface area (Å²) in [5, 5.41) is 0. The molecule has 28 aliphatic rings. The van der Waals surface area contributed by atoms with Gasteiger partial charge in [-0.15, -0.1) is 0 Å². The fourth-order valence-corrected chi connectivity index (χ4v) is 35.5. The van der Waals surface area contributed by atoms with Gasteiger partial charge < -0.3 is 0 Å². The molecular formula is C115H198. The summed E-state index contributed by atoms with van der Waals surface area (Å²) in [5.74, 6) is 37.7. The van der Waals surface area contributed by atoms with Crippen LogP contribution in [0, 0.1) is 189 Å². The molecule has 0 aromatic carbocycles. The van der Waals surface area contributed by atoms with Crippen LogP contribution in [0.5, 0.6) is 0 Å². The van der Waals surface area contributed by atoms with Crippen molar-refractivity contribution in [2.45, 2.75) is 533 Å². The first-order chi connectivity index (χ1) is 57.0. The third-order valence-corrected chi connectivity index (χ3v) is 43.0. The van der Waals surface area contributed by atoms with E-state index in [0.717, 1.165) is 65.1 Å². The summed E-state index contributed by atoms with van der Waals surface area (Å²) < 4.78 is 0. The fraction of sp³-hybridized carbons (Fsp3) is 1.00. The zero-order valence-corrected chi connectivity index (χ0v) is 77.2. The molecule has 0 N–H and O–H groups in total. The second kappa shape index (κ2) is 45.4. The lowest BCUT2D eigenvalue weighted by molar-refractivity contribution is 0.0278. The third-order valence-electron chi connectivity index (χ3n) is 43.0. The average molecular weight is 1580 g/mol. The first-order valence-corrected chi connectivity index (χ1v) is 57.0. The predicted octanol–water partition coefficient (Wildman–Crippen LogP) is 36.3. The van der Waals surface area contributed by atoms with E-state index in [1.807, 2.05) is 0 Å². The molecule has 658 valence electrons. The maximum Gasteiger partial charge on any atom is -0.0329 e. The molecule has 0 aromatic heterocycles. The maximum atomic E-state index is 1.62. The topological polar surface area (TPSA) is 0 Å². The molecule has 0 aliphatic heterocycles. The summed E-state index contributed by atoms with van der Waals surface area (Å²) in [6.45, 7) is 0. The minimum absolute atomic E-state index is 1.14. The van der Waals surface area contributed by atoms with E-state index in [9.17, 15) is 0 Å². The molecule has 28 fully saturated rings. The lowest BCUT2D eigenvalue weighted by Crippen LogP contribution is -2.38. The number of fused-ring (bicyclic) bond motifs is 16.